The smallest absolute Gasteiger partial charge is 0.0590 e. The van der Waals surface area contributed by atoms with Crippen LogP contribution in [0.25, 0.3) is 0 Å². The van der Waals surface area contributed by atoms with Gasteiger partial charge in [-0.1, -0.05) is 26.7 Å². The van der Waals surface area contributed by atoms with Crippen molar-refractivity contribution in [1.29, 1.82) is 0 Å². The molecule has 0 aromatic carbocycles. The zero-order valence-electron chi connectivity index (χ0n) is 7.86. The molecule has 1 N–H and O–H groups in total. The molecule has 0 unspecified atom stereocenters. The minimum atomic E-state index is 0.859. The predicted octanol–water partition coefficient (Wildman–Crippen LogP) is 1.80. The van der Waals surface area contributed by atoms with Gasteiger partial charge in [-0.2, -0.15) is 0 Å². The molecule has 68 valence electrons. The quantitative estimate of drug-likeness (QED) is 0.545. The number of hydrogen-bond acceptors (Lipinski definition) is 2. The fourth-order valence-electron chi connectivity index (χ4n) is 0.877. The van der Waals surface area contributed by atoms with Gasteiger partial charge in [0.2, 0.25) is 0 Å². The first-order valence-corrected chi connectivity index (χ1v) is 4.70. The zero-order valence-corrected chi connectivity index (χ0v) is 7.86. The van der Waals surface area contributed by atoms with Gasteiger partial charge in [0.15, 0.2) is 0 Å². The highest BCUT2D eigenvalue weighted by Gasteiger charge is 1.87. The predicted molar refractivity (Wildman–Crippen MR) is 48.9 cm³/mol. The first kappa shape index (κ1) is 10.9. The van der Waals surface area contributed by atoms with Crippen molar-refractivity contribution in [2.45, 2.75) is 33.1 Å². The number of unbranched alkanes of at least 4 members (excludes halogenated alkanes) is 2. The number of ether oxygens (including phenoxy) is 1. The van der Waals surface area contributed by atoms with Crippen LogP contribution in [-0.2, 0) is 4.74 Å². The molecular weight excluding hydrogens is 138 g/mol. The van der Waals surface area contributed by atoms with E-state index in [0.29, 0.717) is 0 Å². The van der Waals surface area contributed by atoms with Gasteiger partial charge in [0.05, 0.1) is 6.61 Å². The van der Waals surface area contributed by atoms with Crippen molar-refractivity contribution in [3.8, 4) is 0 Å². The lowest BCUT2D eigenvalue weighted by Crippen LogP contribution is -2.19. The Balaban J connectivity index is 2.69. The lowest BCUT2D eigenvalue weighted by Gasteiger charge is -2.03. The minimum absolute atomic E-state index is 0.859. The van der Waals surface area contributed by atoms with Crippen molar-refractivity contribution in [3.05, 3.63) is 0 Å². The second-order valence-electron chi connectivity index (χ2n) is 2.67. The molecule has 2 nitrogen and oxygen atoms in total. The van der Waals surface area contributed by atoms with Gasteiger partial charge in [-0.05, 0) is 13.0 Å². The molecule has 0 aliphatic carbocycles. The summed E-state index contributed by atoms with van der Waals surface area (Å²) in [6, 6.07) is 0. The van der Waals surface area contributed by atoms with Crippen molar-refractivity contribution in [2.75, 3.05) is 26.3 Å². The summed E-state index contributed by atoms with van der Waals surface area (Å²) in [5, 5.41) is 3.21. The third-order valence-corrected chi connectivity index (χ3v) is 1.57. The topological polar surface area (TPSA) is 21.3 Å². The van der Waals surface area contributed by atoms with Crippen LogP contribution >= 0.6 is 0 Å². The molecule has 0 spiro atoms. The van der Waals surface area contributed by atoms with Gasteiger partial charge >= 0.3 is 0 Å². The second kappa shape index (κ2) is 9.92. The van der Waals surface area contributed by atoms with Crippen molar-refractivity contribution in [2.24, 2.45) is 0 Å². The summed E-state index contributed by atoms with van der Waals surface area (Å²) >= 11 is 0. The van der Waals surface area contributed by atoms with Gasteiger partial charge in [0.1, 0.15) is 0 Å². The molecule has 11 heavy (non-hydrogen) atoms. The van der Waals surface area contributed by atoms with Gasteiger partial charge in [0.25, 0.3) is 0 Å². The van der Waals surface area contributed by atoms with E-state index in [1.807, 2.05) is 0 Å². The SMILES string of the molecule is CCCCCOCCNCC. The summed E-state index contributed by atoms with van der Waals surface area (Å²) in [5.74, 6) is 0. The van der Waals surface area contributed by atoms with Crippen molar-refractivity contribution >= 4 is 0 Å². The fraction of sp³-hybridized carbons (Fsp3) is 1.00. The maximum atomic E-state index is 5.38. The Hall–Kier alpha value is -0.0800. The van der Waals surface area contributed by atoms with E-state index in [4.69, 9.17) is 4.74 Å². The molecule has 0 aliphatic rings. The Kier molecular flexibility index (Phi) is 9.85. The Morgan fingerprint density at radius 3 is 2.55 bits per heavy atom. The summed E-state index contributed by atoms with van der Waals surface area (Å²) in [4.78, 5) is 0. The molecule has 2 heteroatoms. The van der Waals surface area contributed by atoms with E-state index < -0.39 is 0 Å². The van der Waals surface area contributed by atoms with Crippen LogP contribution in [-0.4, -0.2) is 26.3 Å². The lowest BCUT2D eigenvalue weighted by atomic mass is 10.3. The molecule has 0 aliphatic heterocycles. The normalized spacial score (nSPS) is 10.4. The van der Waals surface area contributed by atoms with Gasteiger partial charge in [-0.15, -0.1) is 0 Å². The van der Waals surface area contributed by atoms with Crippen LogP contribution in [0, 0.1) is 0 Å². The largest absolute Gasteiger partial charge is 0.380 e. The van der Waals surface area contributed by atoms with Crippen LogP contribution in [0.1, 0.15) is 33.1 Å². The molecule has 0 atom stereocenters. The monoisotopic (exact) mass is 159 g/mol. The van der Waals surface area contributed by atoms with E-state index in [9.17, 15) is 0 Å². The molecule has 0 aromatic heterocycles. The standard InChI is InChI=1S/C9H21NO/c1-3-5-6-8-11-9-7-10-4-2/h10H,3-9H2,1-2H3. The second-order valence-corrected chi connectivity index (χ2v) is 2.67. The summed E-state index contributed by atoms with van der Waals surface area (Å²) in [5.41, 5.74) is 0. The lowest BCUT2D eigenvalue weighted by molar-refractivity contribution is 0.132. The van der Waals surface area contributed by atoms with Gasteiger partial charge < -0.3 is 10.1 Å². The Bertz CT molecular complexity index is 58.6. The average molecular weight is 159 g/mol. The maximum Gasteiger partial charge on any atom is 0.0590 e. The molecule has 0 aromatic rings. The first-order chi connectivity index (χ1) is 5.41. The molecule has 0 radical (unpaired) electrons. The fourth-order valence-corrected chi connectivity index (χ4v) is 0.877. The molecule has 0 heterocycles. The van der Waals surface area contributed by atoms with Crippen molar-refractivity contribution in [3.63, 3.8) is 0 Å². The Morgan fingerprint density at radius 2 is 1.91 bits per heavy atom. The third kappa shape index (κ3) is 9.92. The van der Waals surface area contributed by atoms with Crippen LogP contribution in [0.15, 0.2) is 0 Å². The molecule has 0 fully saturated rings. The highest BCUT2D eigenvalue weighted by atomic mass is 16.5. The van der Waals surface area contributed by atoms with E-state index >= 15 is 0 Å². The summed E-state index contributed by atoms with van der Waals surface area (Å²) < 4.78 is 5.38. The molecule has 0 amide bonds. The van der Waals surface area contributed by atoms with Crippen LogP contribution in [0.3, 0.4) is 0 Å². The van der Waals surface area contributed by atoms with Crippen LogP contribution in [0.5, 0.6) is 0 Å². The van der Waals surface area contributed by atoms with E-state index in [0.717, 1.165) is 26.3 Å². The zero-order chi connectivity index (χ0) is 8.36. The van der Waals surface area contributed by atoms with Gasteiger partial charge in [-0.25, -0.2) is 0 Å². The molecule has 0 saturated carbocycles. The Morgan fingerprint density at radius 1 is 1.09 bits per heavy atom. The van der Waals surface area contributed by atoms with E-state index in [1.165, 1.54) is 19.3 Å². The highest BCUT2D eigenvalue weighted by Crippen LogP contribution is 1.93. The minimum Gasteiger partial charge on any atom is -0.380 e. The van der Waals surface area contributed by atoms with E-state index in [2.05, 4.69) is 19.2 Å². The number of hydrogen-bond donors (Lipinski definition) is 1. The number of rotatable bonds is 8. The van der Waals surface area contributed by atoms with E-state index in [1.54, 1.807) is 0 Å². The van der Waals surface area contributed by atoms with Crippen LogP contribution < -0.4 is 5.32 Å². The highest BCUT2D eigenvalue weighted by molar-refractivity contribution is 4.41. The van der Waals surface area contributed by atoms with Crippen molar-refractivity contribution < 1.29 is 4.74 Å². The molecular formula is C9H21NO. The summed E-state index contributed by atoms with van der Waals surface area (Å²) in [7, 11) is 0. The Labute approximate surface area is 70.3 Å². The number of nitrogens with one attached hydrogen (secondary N) is 1. The van der Waals surface area contributed by atoms with Crippen molar-refractivity contribution in [1.82, 2.24) is 5.32 Å². The summed E-state index contributed by atoms with van der Waals surface area (Å²) in [6.45, 7) is 8.13. The molecule has 0 saturated heterocycles. The molecule has 0 rings (SSSR count). The van der Waals surface area contributed by atoms with Gasteiger partial charge in [-0.3, -0.25) is 0 Å². The molecule has 0 bridgehead atoms. The third-order valence-electron chi connectivity index (χ3n) is 1.57. The van der Waals surface area contributed by atoms with Crippen LogP contribution in [0.2, 0.25) is 0 Å². The first-order valence-electron chi connectivity index (χ1n) is 4.70. The van der Waals surface area contributed by atoms with E-state index in [-0.39, 0.29) is 0 Å². The van der Waals surface area contributed by atoms with Crippen LogP contribution in [0.4, 0.5) is 0 Å². The number of likely N-dealkylation sites (N-methyl/N-ethyl adjacent to an activating group) is 1. The summed E-state index contributed by atoms with van der Waals surface area (Å²) in [6.07, 6.45) is 3.78. The maximum absolute atomic E-state index is 5.38. The van der Waals surface area contributed by atoms with Gasteiger partial charge in [0, 0.05) is 13.2 Å². The average Bonchev–Trinajstić information content (AvgIpc) is 2.03.